The van der Waals surface area contributed by atoms with Gasteiger partial charge in [0.2, 0.25) is 0 Å². The van der Waals surface area contributed by atoms with E-state index in [9.17, 15) is 5.11 Å². The maximum Gasteiger partial charge on any atom is 0.182 e. The molecule has 0 aromatic carbocycles. The van der Waals surface area contributed by atoms with Crippen LogP contribution in [0.25, 0.3) is 0 Å². The van der Waals surface area contributed by atoms with Crippen molar-refractivity contribution in [1.29, 1.82) is 0 Å². The fraction of sp³-hybridized carbons (Fsp3) is 0.864. The maximum absolute atomic E-state index is 9.35. The first-order valence-corrected chi connectivity index (χ1v) is 10.9. The zero-order valence-electron chi connectivity index (χ0n) is 17.0. The molecule has 0 aromatic rings. The van der Waals surface area contributed by atoms with Crippen LogP contribution < -0.4 is 0 Å². The summed E-state index contributed by atoms with van der Waals surface area (Å²) < 4.78 is 0.977. The Labute approximate surface area is 156 Å². The van der Waals surface area contributed by atoms with Crippen molar-refractivity contribution in [3.63, 3.8) is 0 Å². The fourth-order valence-electron chi connectivity index (χ4n) is 4.05. The van der Waals surface area contributed by atoms with Crippen LogP contribution >= 0.6 is 0 Å². The number of aliphatic hydroxyl groups excluding tert-OH is 1. The van der Waals surface area contributed by atoms with Gasteiger partial charge in [0.05, 0.1) is 19.4 Å². The molecule has 0 radical (unpaired) electrons. The van der Waals surface area contributed by atoms with E-state index in [1.54, 1.807) is 0 Å². The Morgan fingerprint density at radius 3 is 2.16 bits per heavy atom. The molecule has 1 rings (SSSR count). The molecule has 0 amide bonds. The quantitative estimate of drug-likeness (QED) is 0.223. The van der Waals surface area contributed by atoms with E-state index < -0.39 is 0 Å². The van der Waals surface area contributed by atoms with Gasteiger partial charge in [0.1, 0.15) is 13.1 Å². The van der Waals surface area contributed by atoms with Crippen LogP contribution in [0.15, 0.2) is 17.1 Å². The molecule has 3 heteroatoms. The molecule has 0 fully saturated rings. The molecule has 2 unspecified atom stereocenters. The summed E-state index contributed by atoms with van der Waals surface area (Å²) in [7, 11) is 0. The predicted molar refractivity (Wildman–Crippen MR) is 110 cm³/mol. The van der Waals surface area contributed by atoms with Crippen LogP contribution in [0.2, 0.25) is 0 Å². The summed E-state index contributed by atoms with van der Waals surface area (Å²) >= 11 is 0. The maximum atomic E-state index is 9.35. The molecule has 1 aliphatic heterocycles. The number of likely N-dealkylation sites (N-methyl/N-ethyl adjacent to an activating group) is 1. The minimum Gasteiger partial charge on any atom is -0.391 e. The Balaban J connectivity index is 1.94. The van der Waals surface area contributed by atoms with Gasteiger partial charge in [-0.15, -0.1) is 0 Å². The molecule has 1 aliphatic rings. The van der Waals surface area contributed by atoms with E-state index in [0.717, 1.165) is 24.1 Å². The third-order valence-corrected chi connectivity index (χ3v) is 5.85. The number of nitrogens with zero attached hydrogens (tertiary/aromatic N) is 2. The highest BCUT2D eigenvalue weighted by Crippen LogP contribution is 2.24. The van der Waals surface area contributed by atoms with Crippen LogP contribution in [0.4, 0.5) is 0 Å². The van der Waals surface area contributed by atoms with E-state index in [-0.39, 0.29) is 6.61 Å². The molecule has 2 atom stereocenters. The number of hydrogen-bond acceptors (Lipinski definition) is 2. The first-order chi connectivity index (χ1) is 12.3. The average Bonchev–Trinajstić information content (AvgIpc) is 3.02. The van der Waals surface area contributed by atoms with Gasteiger partial charge in [0.25, 0.3) is 0 Å². The van der Waals surface area contributed by atoms with Gasteiger partial charge < -0.3 is 5.11 Å². The number of allylic oxidation sites excluding steroid dienone is 2. The van der Waals surface area contributed by atoms with Gasteiger partial charge >= 0.3 is 0 Å². The van der Waals surface area contributed by atoms with E-state index >= 15 is 0 Å². The minimum absolute atomic E-state index is 0.281. The number of hydrogen-bond donors (Lipinski definition) is 1. The monoisotopic (exact) mass is 351 g/mol. The highest BCUT2D eigenvalue weighted by atomic mass is 16.3. The lowest BCUT2D eigenvalue weighted by molar-refractivity contribution is -0.936. The lowest BCUT2D eigenvalue weighted by atomic mass is 10.0. The average molecular weight is 352 g/mol. The highest BCUT2D eigenvalue weighted by Gasteiger charge is 2.36. The standard InChI is InChI=1S/C22H43N2O/c1-3-5-6-7-8-9-10-11-12-13-14-15-16-17-22-23-18-19-24(22,4-2)20-21-25/h3,5,18,22,25H,4,6-17,19-21H2,1-2H3/q+1/b5-3+. The molecule has 25 heavy (non-hydrogen) atoms. The molecule has 0 saturated heterocycles. The van der Waals surface area contributed by atoms with Gasteiger partial charge in [0.15, 0.2) is 6.17 Å². The SMILES string of the molecule is C/C=C/CCCCCCCCCCCCC1N=CC[N+]1(CC)CCO. The molecule has 0 spiro atoms. The van der Waals surface area contributed by atoms with Gasteiger partial charge in [-0.2, -0.15) is 0 Å². The van der Waals surface area contributed by atoms with Crippen molar-refractivity contribution in [3.05, 3.63) is 12.2 Å². The zero-order chi connectivity index (χ0) is 18.2. The molecule has 3 nitrogen and oxygen atoms in total. The van der Waals surface area contributed by atoms with Gasteiger partial charge in [0, 0.05) is 6.42 Å². The first-order valence-electron chi connectivity index (χ1n) is 10.9. The van der Waals surface area contributed by atoms with Crippen LogP contribution in [0.5, 0.6) is 0 Å². The summed E-state index contributed by atoms with van der Waals surface area (Å²) in [4.78, 5) is 4.70. The molecular weight excluding hydrogens is 308 g/mol. The minimum atomic E-state index is 0.281. The van der Waals surface area contributed by atoms with Crippen molar-refractivity contribution in [2.24, 2.45) is 4.99 Å². The summed E-state index contributed by atoms with van der Waals surface area (Å²) in [5.74, 6) is 0. The van der Waals surface area contributed by atoms with Crippen molar-refractivity contribution >= 4 is 6.21 Å². The lowest BCUT2D eigenvalue weighted by Gasteiger charge is -2.37. The summed E-state index contributed by atoms with van der Waals surface area (Å²) in [6.45, 7) is 7.57. The van der Waals surface area contributed by atoms with E-state index in [1.165, 1.54) is 77.0 Å². The van der Waals surface area contributed by atoms with Crippen LogP contribution in [0, 0.1) is 0 Å². The Morgan fingerprint density at radius 1 is 1.00 bits per heavy atom. The lowest BCUT2D eigenvalue weighted by Crippen LogP contribution is -2.53. The van der Waals surface area contributed by atoms with Crippen molar-refractivity contribution in [2.75, 3.05) is 26.2 Å². The molecule has 0 aliphatic carbocycles. The molecule has 0 bridgehead atoms. The number of quaternary nitrogens is 1. The second-order valence-electron chi connectivity index (χ2n) is 7.66. The van der Waals surface area contributed by atoms with Crippen molar-refractivity contribution in [2.45, 2.75) is 97.1 Å². The van der Waals surface area contributed by atoms with Crippen molar-refractivity contribution in [3.8, 4) is 0 Å². The van der Waals surface area contributed by atoms with Crippen LogP contribution in [0.3, 0.4) is 0 Å². The molecular formula is C22H43N2O+. The summed E-state index contributed by atoms with van der Waals surface area (Å²) in [6, 6.07) is 0. The number of aliphatic imine (C=N–C) groups is 1. The molecule has 0 saturated carbocycles. The largest absolute Gasteiger partial charge is 0.391 e. The van der Waals surface area contributed by atoms with E-state index in [1.807, 2.05) is 0 Å². The second kappa shape index (κ2) is 14.5. The summed E-state index contributed by atoms with van der Waals surface area (Å²) in [5, 5.41) is 9.35. The smallest absolute Gasteiger partial charge is 0.182 e. The number of aliphatic hydroxyl groups is 1. The van der Waals surface area contributed by atoms with Crippen LogP contribution in [-0.2, 0) is 0 Å². The van der Waals surface area contributed by atoms with E-state index in [0.29, 0.717) is 6.17 Å². The third-order valence-electron chi connectivity index (χ3n) is 5.85. The molecule has 1 N–H and O–H groups in total. The topological polar surface area (TPSA) is 32.6 Å². The molecule has 0 aromatic heterocycles. The molecule has 1 heterocycles. The number of rotatable bonds is 16. The van der Waals surface area contributed by atoms with E-state index in [4.69, 9.17) is 4.99 Å². The van der Waals surface area contributed by atoms with Gasteiger partial charge in [-0.3, -0.25) is 4.48 Å². The fourth-order valence-corrected chi connectivity index (χ4v) is 4.05. The Morgan fingerprint density at radius 2 is 1.60 bits per heavy atom. The van der Waals surface area contributed by atoms with Crippen molar-refractivity contribution < 1.29 is 9.59 Å². The second-order valence-corrected chi connectivity index (χ2v) is 7.66. The summed E-state index contributed by atoms with van der Waals surface area (Å²) in [5.41, 5.74) is 0. The number of unbranched alkanes of at least 4 members (excludes halogenated alkanes) is 10. The van der Waals surface area contributed by atoms with E-state index in [2.05, 4.69) is 32.2 Å². The highest BCUT2D eigenvalue weighted by molar-refractivity contribution is 5.60. The molecule has 146 valence electrons. The first kappa shape index (κ1) is 22.4. The van der Waals surface area contributed by atoms with Gasteiger partial charge in [-0.25, -0.2) is 4.99 Å². The zero-order valence-corrected chi connectivity index (χ0v) is 17.0. The third kappa shape index (κ3) is 9.01. The van der Waals surface area contributed by atoms with Gasteiger partial charge in [-0.1, -0.05) is 63.5 Å². The summed E-state index contributed by atoms with van der Waals surface area (Å²) in [6.07, 6.45) is 23.2. The predicted octanol–water partition coefficient (Wildman–Crippen LogP) is 5.48. The Hall–Kier alpha value is -0.670. The van der Waals surface area contributed by atoms with Gasteiger partial charge in [-0.05, 0) is 33.1 Å². The van der Waals surface area contributed by atoms with Crippen LogP contribution in [0.1, 0.15) is 90.9 Å². The Kier molecular flexibility index (Phi) is 13.0. The van der Waals surface area contributed by atoms with Crippen molar-refractivity contribution in [1.82, 2.24) is 0 Å². The van der Waals surface area contributed by atoms with Crippen LogP contribution in [-0.4, -0.2) is 48.2 Å². The normalized spacial score (nSPS) is 23.1. The Bertz CT molecular complexity index is 367.